The molecule has 1 fully saturated rings. The van der Waals surface area contributed by atoms with Gasteiger partial charge in [-0.25, -0.2) is 0 Å². The van der Waals surface area contributed by atoms with Gasteiger partial charge < -0.3 is 10.4 Å². The zero-order chi connectivity index (χ0) is 11.4. The van der Waals surface area contributed by atoms with Crippen LogP contribution in [0.1, 0.15) is 24.8 Å². The largest absolute Gasteiger partial charge is 0.508 e. The summed E-state index contributed by atoms with van der Waals surface area (Å²) in [6, 6.07) is 9.93. The van der Waals surface area contributed by atoms with Crippen molar-refractivity contribution in [2.75, 3.05) is 0 Å². The first kappa shape index (κ1) is 11.0. The molecule has 0 heterocycles. The predicted octanol–water partition coefficient (Wildman–Crippen LogP) is 2.17. The highest BCUT2D eigenvalue weighted by atomic mass is 16.3. The van der Waals surface area contributed by atoms with Crippen LogP contribution >= 0.6 is 0 Å². The maximum atomic E-state index is 9.60. The maximum Gasteiger partial charge on any atom is 0.120 e. The molecule has 1 aromatic rings. The topological polar surface area (TPSA) is 56.0 Å². The fraction of sp³-hybridized carbons (Fsp3) is 0.462. The van der Waals surface area contributed by atoms with E-state index in [4.69, 9.17) is 5.26 Å². The lowest BCUT2D eigenvalue weighted by Crippen LogP contribution is -2.31. The number of hydrogen-bond acceptors (Lipinski definition) is 3. The Kier molecular flexibility index (Phi) is 3.43. The lowest BCUT2D eigenvalue weighted by Gasteiger charge is -2.15. The number of nitrogens with zero attached hydrogens (tertiary/aromatic N) is 1. The lowest BCUT2D eigenvalue weighted by atomic mass is 10.1. The van der Waals surface area contributed by atoms with Crippen LogP contribution in [0.5, 0.6) is 5.75 Å². The summed E-state index contributed by atoms with van der Waals surface area (Å²) in [6.45, 7) is 0.634. The van der Waals surface area contributed by atoms with Crippen molar-refractivity contribution in [3.63, 3.8) is 0 Å². The number of phenols is 1. The van der Waals surface area contributed by atoms with E-state index in [2.05, 4.69) is 11.4 Å². The van der Waals surface area contributed by atoms with Crippen molar-refractivity contribution < 1.29 is 5.11 Å². The number of rotatable bonds is 3. The number of benzene rings is 1. The average Bonchev–Trinajstić information content (AvgIpc) is 2.75. The van der Waals surface area contributed by atoms with Crippen molar-refractivity contribution in [2.24, 2.45) is 5.92 Å². The Hall–Kier alpha value is -1.53. The second-order valence-electron chi connectivity index (χ2n) is 4.28. The molecule has 0 spiro atoms. The predicted molar refractivity (Wildman–Crippen MR) is 61.7 cm³/mol. The molecule has 1 aliphatic carbocycles. The second-order valence-corrected chi connectivity index (χ2v) is 4.28. The standard InChI is InChI=1S/C13H16N2O/c14-8-10-5-3-6-12(10)15-9-11-4-1-2-7-13(11)16/h1-2,4,7,10,12,15-16H,3,5-6,9H2. The van der Waals surface area contributed by atoms with Crippen LogP contribution in [0.25, 0.3) is 0 Å². The van der Waals surface area contributed by atoms with Crippen LogP contribution in [-0.2, 0) is 6.54 Å². The van der Waals surface area contributed by atoms with E-state index in [9.17, 15) is 5.11 Å². The zero-order valence-corrected chi connectivity index (χ0v) is 9.19. The zero-order valence-electron chi connectivity index (χ0n) is 9.19. The molecule has 0 aromatic heterocycles. The van der Waals surface area contributed by atoms with E-state index in [1.165, 1.54) is 0 Å². The number of para-hydroxylation sites is 1. The number of nitrogens with one attached hydrogen (secondary N) is 1. The molecule has 2 atom stereocenters. The minimum absolute atomic E-state index is 0.130. The number of nitriles is 1. The summed E-state index contributed by atoms with van der Waals surface area (Å²) >= 11 is 0. The molecule has 0 bridgehead atoms. The van der Waals surface area contributed by atoms with Crippen LogP contribution < -0.4 is 5.32 Å². The lowest BCUT2D eigenvalue weighted by molar-refractivity contribution is 0.440. The Morgan fingerprint density at radius 3 is 2.94 bits per heavy atom. The second kappa shape index (κ2) is 5.00. The quantitative estimate of drug-likeness (QED) is 0.814. The fourth-order valence-electron chi connectivity index (χ4n) is 2.26. The normalized spacial score (nSPS) is 24.2. The van der Waals surface area contributed by atoms with E-state index >= 15 is 0 Å². The third-order valence-corrected chi connectivity index (χ3v) is 3.23. The molecule has 1 aromatic carbocycles. The molecule has 2 rings (SSSR count). The van der Waals surface area contributed by atoms with Crippen LogP contribution in [0.3, 0.4) is 0 Å². The van der Waals surface area contributed by atoms with Crippen LogP contribution in [0.4, 0.5) is 0 Å². The maximum absolute atomic E-state index is 9.60. The first-order valence-corrected chi connectivity index (χ1v) is 5.71. The fourth-order valence-corrected chi connectivity index (χ4v) is 2.26. The Balaban J connectivity index is 1.93. The summed E-state index contributed by atoms with van der Waals surface area (Å²) in [5.41, 5.74) is 0.895. The summed E-state index contributed by atoms with van der Waals surface area (Å²) in [7, 11) is 0. The third kappa shape index (κ3) is 2.34. The minimum atomic E-state index is 0.130. The molecule has 16 heavy (non-hydrogen) atoms. The van der Waals surface area contributed by atoms with Crippen LogP contribution in [-0.4, -0.2) is 11.1 Å². The van der Waals surface area contributed by atoms with Crippen LogP contribution in [0.15, 0.2) is 24.3 Å². The molecule has 3 heteroatoms. The van der Waals surface area contributed by atoms with Gasteiger partial charge in [0.05, 0.1) is 12.0 Å². The van der Waals surface area contributed by atoms with E-state index in [0.29, 0.717) is 12.3 Å². The molecular formula is C13H16N2O. The molecule has 84 valence electrons. The smallest absolute Gasteiger partial charge is 0.120 e. The Labute approximate surface area is 95.7 Å². The number of phenolic OH excluding ortho intramolecular Hbond substituents is 1. The van der Waals surface area contributed by atoms with Gasteiger partial charge >= 0.3 is 0 Å². The summed E-state index contributed by atoms with van der Waals surface area (Å²) in [6.07, 6.45) is 3.18. The monoisotopic (exact) mass is 216 g/mol. The summed E-state index contributed by atoms with van der Waals surface area (Å²) in [5.74, 6) is 0.451. The highest BCUT2D eigenvalue weighted by Gasteiger charge is 2.26. The first-order valence-electron chi connectivity index (χ1n) is 5.71. The van der Waals surface area contributed by atoms with Gasteiger partial charge in [0.15, 0.2) is 0 Å². The van der Waals surface area contributed by atoms with Crippen molar-refractivity contribution in [3.8, 4) is 11.8 Å². The first-order chi connectivity index (χ1) is 7.81. The molecular weight excluding hydrogens is 200 g/mol. The molecule has 3 nitrogen and oxygen atoms in total. The number of hydrogen-bond donors (Lipinski definition) is 2. The van der Waals surface area contributed by atoms with Gasteiger partial charge in [-0.1, -0.05) is 24.6 Å². The molecule has 0 radical (unpaired) electrons. The van der Waals surface area contributed by atoms with E-state index < -0.39 is 0 Å². The highest BCUT2D eigenvalue weighted by molar-refractivity contribution is 5.31. The van der Waals surface area contributed by atoms with Gasteiger partial charge in [-0.15, -0.1) is 0 Å². The number of aromatic hydroxyl groups is 1. The SMILES string of the molecule is N#CC1CCCC1NCc1ccccc1O. The van der Waals surface area contributed by atoms with E-state index in [1.807, 2.05) is 18.2 Å². The van der Waals surface area contributed by atoms with Gasteiger partial charge in [0.1, 0.15) is 5.75 Å². The van der Waals surface area contributed by atoms with Gasteiger partial charge in [-0.2, -0.15) is 5.26 Å². The van der Waals surface area contributed by atoms with Crippen molar-refractivity contribution in [1.29, 1.82) is 5.26 Å². The van der Waals surface area contributed by atoms with Crippen LogP contribution in [0.2, 0.25) is 0 Å². The van der Waals surface area contributed by atoms with E-state index in [1.54, 1.807) is 6.07 Å². The Morgan fingerprint density at radius 1 is 1.38 bits per heavy atom. The Bertz CT molecular complexity index is 397. The average molecular weight is 216 g/mol. The molecule has 0 amide bonds. The van der Waals surface area contributed by atoms with Crippen molar-refractivity contribution in [1.82, 2.24) is 5.32 Å². The summed E-state index contributed by atoms with van der Waals surface area (Å²) in [5, 5.41) is 21.9. The molecule has 1 saturated carbocycles. The van der Waals surface area contributed by atoms with Crippen molar-refractivity contribution in [3.05, 3.63) is 29.8 Å². The summed E-state index contributed by atoms with van der Waals surface area (Å²) in [4.78, 5) is 0. The third-order valence-electron chi connectivity index (χ3n) is 3.23. The van der Waals surface area contributed by atoms with Gasteiger partial charge in [0.2, 0.25) is 0 Å². The molecule has 0 saturated heterocycles. The molecule has 1 aliphatic rings. The summed E-state index contributed by atoms with van der Waals surface area (Å²) < 4.78 is 0. The van der Waals surface area contributed by atoms with Gasteiger partial charge in [-0.3, -0.25) is 0 Å². The van der Waals surface area contributed by atoms with Crippen LogP contribution in [0, 0.1) is 17.2 Å². The van der Waals surface area contributed by atoms with Gasteiger partial charge in [-0.05, 0) is 18.9 Å². The molecule has 2 N–H and O–H groups in total. The minimum Gasteiger partial charge on any atom is -0.508 e. The van der Waals surface area contributed by atoms with Crippen molar-refractivity contribution in [2.45, 2.75) is 31.8 Å². The molecule has 2 unspecified atom stereocenters. The van der Waals surface area contributed by atoms with Gasteiger partial charge in [0.25, 0.3) is 0 Å². The molecule has 0 aliphatic heterocycles. The van der Waals surface area contributed by atoms with E-state index in [-0.39, 0.29) is 12.0 Å². The highest BCUT2D eigenvalue weighted by Crippen LogP contribution is 2.25. The Morgan fingerprint density at radius 2 is 2.19 bits per heavy atom. The van der Waals surface area contributed by atoms with Gasteiger partial charge in [0, 0.05) is 18.2 Å². The van der Waals surface area contributed by atoms with Crippen molar-refractivity contribution >= 4 is 0 Å². The van der Waals surface area contributed by atoms with E-state index in [0.717, 1.165) is 24.8 Å².